The largest absolute Gasteiger partial charge is 0.278 e. The molecule has 0 aliphatic carbocycles. The van der Waals surface area contributed by atoms with E-state index in [0.717, 1.165) is 18.4 Å². The third-order valence-electron chi connectivity index (χ3n) is 2.66. The van der Waals surface area contributed by atoms with Gasteiger partial charge in [-0.05, 0) is 24.3 Å². The summed E-state index contributed by atoms with van der Waals surface area (Å²) in [7, 11) is -7.84. The number of nitrogens with one attached hydrogen (secondary N) is 1. The molecular formula is C13H12FNO4S2. The number of benzene rings is 2. The van der Waals surface area contributed by atoms with Gasteiger partial charge < -0.3 is 0 Å². The molecule has 2 aromatic carbocycles. The fourth-order valence-electron chi connectivity index (χ4n) is 1.74. The molecule has 0 amide bonds. The summed E-state index contributed by atoms with van der Waals surface area (Å²) >= 11 is 0. The summed E-state index contributed by atoms with van der Waals surface area (Å²) in [5.41, 5.74) is -0.122. The van der Waals surface area contributed by atoms with E-state index in [1.165, 1.54) is 36.4 Å². The zero-order chi connectivity index (χ0) is 15.7. The molecule has 0 unspecified atom stereocenters. The molecule has 5 nitrogen and oxygen atoms in total. The van der Waals surface area contributed by atoms with Crippen LogP contribution in [0, 0.1) is 5.82 Å². The van der Waals surface area contributed by atoms with Gasteiger partial charge in [0, 0.05) is 6.26 Å². The van der Waals surface area contributed by atoms with E-state index in [2.05, 4.69) is 4.72 Å². The van der Waals surface area contributed by atoms with Crippen LogP contribution in [0.5, 0.6) is 0 Å². The van der Waals surface area contributed by atoms with Crippen LogP contribution in [0.3, 0.4) is 0 Å². The Morgan fingerprint density at radius 1 is 0.857 bits per heavy atom. The summed E-state index contributed by atoms with van der Waals surface area (Å²) in [6, 6.07) is 10.4. The van der Waals surface area contributed by atoms with E-state index in [1.807, 2.05) is 0 Å². The molecule has 0 fully saturated rings. The van der Waals surface area contributed by atoms with Crippen LogP contribution in [-0.4, -0.2) is 23.1 Å². The molecule has 2 rings (SSSR count). The van der Waals surface area contributed by atoms with Crippen LogP contribution < -0.4 is 4.72 Å². The fourth-order valence-corrected chi connectivity index (χ4v) is 3.81. The average molecular weight is 329 g/mol. The van der Waals surface area contributed by atoms with E-state index in [-0.39, 0.29) is 10.6 Å². The third kappa shape index (κ3) is 3.40. The summed E-state index contributed by atoms with van der Waals surface area (Å²) in [6.07, 6.45) is 0.962. The highest BCUT2D eigenvalue weighted by molar-refractivity contribution is 7.93. The Hall–Kier alpha value is -1.93. The van der Waals surface area contributed by atoms with Gasteiger partial charge >= 0.3 is 0 Å². The fraction of sp³-hybridized carbons (Fsp3) is 0.0769. The second-order valence-corrected chi connectivity index (χ2v) is 7.94. The summed E-state index contributed by atoms with van der Waals surface area (Å²) in [6.45, 7) is 0. The van der Waals surface area contributed by atoms with E-state index < -0.39 is 30.6 Å². The molecule has 0 aliphatic rings. The van der Waals surface area contributed by atoms with E-state index in [4.69, 9.17) is 0 Å². The van der Waals surface area contributed by atoms with Crippen molar-refractivity contribution < 1.29 is 21.2 Å². The van der Waals surface area contributed by atoms with Gasteiger partial charge in [-0.2, -0.15) is 0 Å². The van der Waals surface area contributed by atoms with Gasteiger partial charge in [-0.3, -0.25) is 4.72 Å². The highest BCUT2D eigenvalue weighted by Crippen LogP contribution is 2.24. The maximum Gasteiger partial charge on any atom is 0.264 e. The van der Waals surface area contributed by atoms with Gasteiger partial charge in [0.05, 0.1) is 10.6 Å². The molecule has 0 bridgehead atoms. The number of sulfone groups is 1. The predicted molar refractivity (Wildman–Crippen MR) is 76.8 cm³/mol. The highest BCUT2D eigenvalue weighted by atomic mass is 32.2. The van der Waals surface area contributed by atoms with Crippen LogP contribution in [0.15, 0.2) is 58.3 Å². The van der Waals surface area contributed by atoms with Crippen LogP contribution in [0.2, 0.25) is 0 Å². The number of rotatable bonds is 4. The van der Waals surface area contributed by atoms with Crippen LogP contribution >= 0.6 is 0 Å². The first kappa shape index (κ1) is 15.5. The number of hydrogen-bond acceptors (Lipinski definition) is 4. The Kier molecular flexibility index (Phi) is 4.02. The molecule has 2 aromatic rings. The van der Waals surface area contributed by atoms with Gasteiger partial charge in [0.2, 0.25) is 0 Å². The SMILES string of the molecule is CS(=O)(=O)c1ccccc1NS(=O)(=O)c1ccccc1F. The van der Waals surface area contributed by atoms with Crippen LogP contribution in [0.25, 0.3) is 0 Å². The maximum absolute atomic E-state index is 13.6. The minimum atomic E-state index is -4.22. The normalized spacial score (nSPS) is 12.1. The summed E-state index contributed by atoms with van der Waals surface area (Å²) in [5.74, 6) is -0.915. The van der Waals surface area contributed by atoms with Crippen LogP contribution in [0.1, 0.15) is 0 Å². The van der Waals surface area contributed by atoms with Gasteiger partial charge in [-0.25, -0.2) is 21.2 Å². The predicted octanol–water partition coefficient (Wildman–Crippen LogP) is 2.03. The lowest BCUT2D eigenvalue weighted by Gasteiger charge is -2.11. The van der Waals surface area contributed by atoms with Gasteiger partial charge in [-0.15, -0.1) is 0 Å². The smallest absolute Gasteiger partial charge is 0.264 e. The van der Waals surface area contributed by atoms with Crippen LogP contribution in [0.4, 0.5) is 10.1 Å². The monoisotopic (exact) mass is 329 g/mol. The van der Waals surface area contributed by atoms with Crippen molar-refractivity contribution in [3.05, 3.63) is 54.3 Å². The number of hydrogen-bond donors (Lipinski definition) is 1. The van der Waals surface area contributed by atoms with Crippen molar-refractivity contribution in [2.45, 2.75) is 9.79 Å². The summed E-state index contributed by atoms with van der Waals surface area (Å²) < 4.78 is 63.3. The van der Waals surface area contributed by atoms with E-state index >= 15 is 0 Å². The molecule has 0 aromatic heterocycles. The van der Waals surface area contributed by atoms with E-state index in [0.29, 0.717) is 0 Å². The van der Waals surface area contributed by atoms with Crippen LogP contribution in [-0.2, 0) is 19.9 Å². The summed E-state index contributed by atoms with van der Waals surface area (Å²) in [4.78, 5) is -0.724. The first-order chi connectivity index (χ1) is 9.72. The minimum absolute atomic E-state index is 0.122. The number of halogens is 1. The van der Waals surface area contributed by atoms with Crippen molar-refractivity contribution in [3.63, 3.8) is 0 Å². The third-order valence-corrected chi connectivity index (χ3v) is 5.21. The van der Waals surface area contributed by atoms with Crippen molar-refractivity contribution in [2.75, 3.05) is 11.0 Å². The molecule has 0 atom stereocenters. The van der Waals surface area contributed by atoms with Crippen molar-refractivity contribution in [2.24, 2.45) is 0 Å². The molecule has 21 heavy (non-hydrogen) atoms. The van der Waals surface area contributed by atoms with Gasteiger partial charge in [-0.1, -0.05) is 24.3 Å². The van der Waals surface area contributed by atoms with Crippen molar-refractivity contribution in [1.82, 2.24) is 0 Å². The van der Waals surface area contributed by atoms with Gasteiger partial charge in [0.25, 0.3) is 10.0 Å². The molecule has 0 spiro atoms. The number of para-hydroxylation sites is 1. The Balaban J connectivity index is 2.51. The minimum Gasteiger partial charge on any atom is -0.278 e. The number of anilines is 1. The second kappa shape index (κ2) is 5.45. The zero-order valence-corrected chi connectivity index (χ0v) is 12.6. The Morgan fingerprint density at radius 3 is 1.95 bits per heavy atom. The van der Waals surface area contributed by atoms with E-state index in [9.17, 15) is 21.2 Å². The molecular weight excluding hydrogens is 317 g/mol. The first-order valence-electron chi connectivity index (χ1n) is 5.78. The quantitative estimate of drug-likeness (QED) is 0.931. The highest BCUT2D eigenvalue weighted by Gasteiger charge is 2.22. The molecule has 0 saturated carbocycles. The number of sulfonamides is 1. The Bertz CT molecular complexity index is 877. The first-order valence-corrected chi connectivity index (χ1v) is 9.16. The van der Waals surface area contributed by atoms with Crippen molar-refractivity contribution >= 4 is 25.5 Å². The molecule has 0 saturated heterocycles. The molecule has 1 N–H and O–H groups in total. The zero-order valence-electron chi connectivity index (χ0n) is 10.9. The standard InChI is InChI=1S/C13H12FNO4S2/c1-20(16,17)13-9-5-3-7-11(13)15-21(18,19)12-8-4-2-6-10(12)14/h2-9,15H,1H3. The lowest BCUT2D eigenvalue weighted by atomic mass is 10.3. The molecule has 112 valence electrons. The summed E-state index contributed by atoms with van der Waals surface area (Å²) in [5, 5.41) is 0. The lowest BCUT2D eigenvalue weighted by Crippen LogP contribution is -2.16. The van der Waals surface area contributed by atoms with E-state index in [1.54, 1.807) is 0 Å². The molecule has 8 heteroatoms. The topological polar surface area (TPSA) is 80.3 Å². The van der Waals surface area contributed by atoms with Crippen molar-refractivity contribution in [3.8, 4) is 0 Å². The molecule has 0 heterocycles. The maximum atomic E-state index is 13.6. The molecule has 0 radical (unpaired) electrons. The Morgan fingerprint density at radius 2 is 1.38 bits per heavy atom. The Labute approximate surface area is 122 Å². The van der Waals surface area contributed by atoms with Crippen molar-refractivity contribution in [1.29, 1.82) is 0 Å². The second-order valence-electron chi connectivity index (χ2n) is 4.30. The molecule has 0 aliphatic heterocycles. The van der Waals surface area contributed by atoms with Gasteiger partial charge in [0.15, 0.2) is 9.84 Å². The lowest BCUT2D eigenvalue weighted by molar-refractivity contribution is 0.570. The average Bonchev–Trinajstić information content (AvgIpc) is 2.38. The van der Waals surface area contributed by atoms with Gasteiger partial charge in [0.1, 0.15) is 10.7 Å².